The van der Waals surface area contributed by atoms with Crippen molar-refractivity contribution in [1.29, 1.82) is 0 Å². The third kappa shape index (κ3) is 5.20. The molecule has 4 amide bonds. The molecule has 1 atom stereocenters. The Morgan fingerprint density at radius 3 is 2.59 bits per heavy atom. The van der Waals surface area contributed by atoms with Crippen LogP contribution in [0.1, 0.15) is 27.5 Å². The minimum absolute atomic E-state index is 0.150. The van der Waals surface area contributed by atoms with Crippen LogP contribution in [0, 0.1) is 0 Å². The highest BCUT2D eigenvalue weighted by molar-refractivity contribution is 5.98. The molecule has 1 aromatic heterocycles. The van der Waals surface area contributed by atoms with Crippen molar-refractivity contribution in [2.24, 2.45) is 0 Å². The number of ether oxygens (including phenoxy) is 2. The fraction of sp³-hybridized carbons (Fsp3) is 0.143. The third-order valence-electron chi connectivity index (χ3n) is 6.22. The van der Waals surface area contributed by atoms with Crippen LogP contribution in [0.25, 0.3) is 10.8 Å². The fourth-order valence-corrected chi connectivity index (χ4v) is 4.35. The molecule has 2 heterocycles. The van der Waals surface area contributed by atoms with Gasteiger partial charge >= 0.3 is 6.03 Å². The number of carbonyl (C=O) groups excluding carboxylic acids is 3. The fourth-order valence-electron chi connectivity index (χ4n) is 4.35. The van der Waals surface area contributed by atoms with Gasteiger partial charge in [-0.1, -0.05) is 18.2 Å². The second-order valence-electron chi connectivity index (χ2n) is 8.55. The second-order valence-corrected chi connectivity index (χ2v) is 8.55. The van der Waals surface area contributed by atoms with Crippen LogP contribution in [0.15, 0.2) is 79.1 Å². The zero-order chi connectivity index (χ0) is 25.8. The number of rotatable bonds is 8. The number of carbonyl (C=O) groups is 3. The summed E-state index contributed by atoms with van der Waals surface area (Å²) in [5, 5.41) is 6.90. The number of benzene rings is 3. The smallest absolute Gasteiger partial charge is 0.321 e. The van der Waals surface area contributed by atoms with E-state index in [0.717, 1.165) is 21.9 Å². The van der Waals surface area contributed by atoms with Gasteiger partial charge in [-0.25, -0.2) is 4.79 Å². The van der Waals surface area contributed by atoms with E-state index >= 15 is 0 Å². The van der Waals surface area contributed by atoms with E-state index in [1.54, 1.807) is 42.6 Å². The van der Waals surface area contributed by atoms with E-state index in [1.807, 2.05) is 48.5 Å². The van der Waals surface area contributed by atoms with E-state index in [4.69, 9.17) is 9.47 Å². The second kappa shape index (κ2) is 10.4. The van der Waals surface area contributed by atoms with Crippen LogP contribution in [-0.4, -0.2) is 41.9 Å². The van der Waals surface area contributed by atoms with Crippen molar-refractivity contribution in [3.05, 3.63) is 95.8 Å². The summed E-state index contributed by atoms with van der Waals surface area (Å²) in [5.41, 5.74) is 2.21. The average Bonchev–Trinajstić information content (AvgIpc) is 3.23. The minimum Gasteiger partial charge on any atom is -0.497 e. The number of methoxy groups -OCH3 is 1. The number of aromatic nitrogens is 1. The number of urea groups is 1. The summed E-state index contributed by atoms with van der Waals surface area (Å²) in [7, 11) is 1.55. The van der Waals surface area contributed by atoms with Crippen molar-refractivity contribution in [2.75, 3.05) is 13.7 Å². The molecular weight excluding hydrogens is 472 g/mol. The zero-order valence-corrected chi connectivity index (χ0v) is 20.0. The van der Waals surface area contributed by atoms with Gasteiger partial charge in [-0.05, 0) is 65.0 Å². The Balaban J connectivity index is 1.34. The molecule has 1 aliphatic heterocycles. The molecule has 4 aromatic rings. The predicted molar refractivity (Wildman–Crippen MR) is 136 cm³/mol. The maximum atomic E-state index is 13.1. The van der Waals surface area contributed by atoms with Gasteiger partial charge in [0.25, 0.3) is 5.91 Å². The van der Waals surface area contributed by atoms with E-state index in [-0.39, 0.29) is 12.5 Å². The first kappa shape index (κ1) is 23.8. The van der Waals surface area contributed by atoms with Crippen LogP contribution >= 0.6 is 0 Å². The Labute approximate surface area is 213 Å². The molecule has 0 bridgehead atoms. The molecule has 9 heteroatoms. The largest absolute Gasteiger partial charge is 0.497 e. The molecule has 0 spiro atoms. The number of hydrogen-bond acceptors (Lipinski definition) is 6. The Hall–Kier alpha value is -4.92. The molecule has 0 saturated heterocycles. The number of nitrogens with one attached hydrogen (secondary N) is 2. The molecule has 9 nitrogen and oxygen atoms in total. The van der Waals surface area contributed by atoms with Crippen LogP contribution in [0.2, 0.25) is 0 Å². The maximum absolute atomic E-state index is 13.1. The molecule has 37 heavy (non-hydrogen) atoms. The SMILES string of the molecule is COc1ccc2c(c1)C(=O)N(C[C@H](NC(=O)NC=O)c1ccc(Oc3ccc4cnccc4c3)cc1)C2. The Morgan fingerprint density at radius 2 is 1.81 bits per heavy atom. The van der Waals surface area contributed by atoms with E-state index in [0.29, 0.717) is 35.8 Å². The summed E-state index contributed by atoms with van der Waals surface area (Å²) < 4.78 is 11.3. The van der Waals surface area contributed by atoms with E-state index in [1.165, 1.54) is 0 Å². The molecule has 0 aliphatic carbocycles. The van der Waals surface area contributed by atoms with Crippen molar-refractivity contribution in [3.63, 3.8) is 0 Å². The zero-order valence-electron chi connectivity index (χ0n) is 20.0. The Bertz CT molecular complexity index is 1470. The van der Waals surface area contributed by atoms with Gasteiger partial charge < -0.3 is 19.7 Å². The van der Waals surface area contributed by atoms with Crippen LogP contribution in [0.5, 0.6) is 17.2 Å². The number of hydrogen-bond donors (Lipinski definition) is 2. The Morgan fingerprint density at radius 1 is 1.03 bits per heavy atom. The highest BCUT2D eigenvalue weighted by Gasteiger charge is 2.30. The molecule has 5 rings (SSSR count). The summed E-state index contributed by atoms with van der Waals surface area (Å²) in [5.74, 6) is 1.75. The molecule has 186 valence electrons. The summed E-state index contributed by atoms with van der Waals surface area (Å²) in [6.07, 6.45) is 3.84. The number of imide groups is 1. The topological polar surface area (TPSA) is 110 Å². The number of pyridine rings is 1. The van der Waals surface area contributed by atoms with Gasteiger partial charge in [-0.3, -0.25) is 19.9 Å². The summed E-state index contributed by atoms with van der Waals surface area (Å²) in [6, 6.07) is 19.1. The van der Waals surface area contributed by atoms with Crippen molar-refractivity contribution in [3.8, 4) is 17.2 Å². The van der Waals surface area contributed by atoms with Crippen molar-refractivity contribution in [2.45, 2.75) is 12.6 Å². The lowest BCUT2D eigenvalue weighted by molar-refractivity contribution is -0.108. The minimum atomic E-state index is -0.656. The molecule has 3 aromatic carbocycles. The van der Waals surface area contributed by atoms with Gasteiger partial charge in [0.2, 0.25) is 6.41 Å². The maximum Gasteiger partial charge on any atom is 0.321 e. The van der Waals surface area contributed by atoms with Gasteiger partial charge in [0, 0.05) is 36.4 Å². The Kier molecular flexibility index (Phi) is 6.67. The molecule has 2 N–H and O–H groups in total. The van der Waals surface area contributed by atoms with Crippen LogP contribution in [0.3, 0.4) is 0 Å². The van der Waals surface area contributed by atoms with Gasteiger partial charge in [0.1, 0.15) is 17.2 Å². The van der Waals surface area contributed by atoms with Crippen LogP contribution < -0.4 is 20.1 Å². The first-order chi connectivity index (χ1) is 18.0. The lowest BCUT2D eigenvalue weighted by Gasteiger charge is -2.25. The van der Waals surface area contributed by atoms with Gasteiger partial charge in [0.15, 0.2) is 0 Å². The molecule has 0 unspecified atom stereocenters. The standard InChI is InChI=1S/C28H24N4O5/c1-36-23-8-5-21-15-32(27(34)25(21)13-23)16-26(31-28(35)30-17-33)18-2-6-22(7-3-18)37-24-9-4-20-14-29-11-10-19(20)12-24/h2-14,17,26H,15-16H2,1H3,(H2,30,31,33,35)/t26-/m0/s1. The van der Waals surface area contributed by atoms with E-state index < -0.39 is 12.1 Å². The van der Waals surface area contributed by atoms with Crippen molar-refractivity contribution >= 4 is 29.1 Å². The number of amides is 4. The third-order valence-corrected chi connectivity index (χ3v) is 6.22. The molecule has 0 saturated carbocycles. The number of fused-ring (bicyclic) bond motifs is 2. The van der Waals surface area contributed by atoms with Crippen LogP contribution in [-0.2, 0) is 11.3 Å². The van der Waals surface area contributed by atoms with E-state index in [2.05, 4.69) is 15.6 Å². The molecule has 1 aliphatic rings. The average molecular weight is 497 g/mol. The monoisotopic (exact) mass is 496 g/mol. The van der Waals surface area contributed by atoms with Gasteiger partial charge in [-0.2, -0.15) is 0 Å². The summed E-state index contributed by atoms with van der Waals surface area (Å²) in [6.45, 7) is 0.616. The summed E-state index contributed by atoms with van der Waals surface area (Å²) in [4.78, 5) is 41.8. The van der Waals surface area contributed by atoms with E-state index in [9.17, 15) is 14.4 Å². The lowest BCUT2D eigenvalue weighted by Crippen LogP contribution is -2.42. The predicted octanol–water partition coefficient (Wildman–Crippen LogP) is 4.19. The van der Waals surface area contributed by atoms with Crippen molar-refractivity contribution in [1.82, 2.24) is 20.5 Å². The van der Waals surface area contributed by atoms with Gasteiger partial charge in [-0.15, -0.1) is 0 Å². The molecule has 0 fully saturated rings. The molecular formula is C28H24N4O5. The number of nitrogens with zero attached hydrogens (tertiary/aromatic N) is 2. The molecule has 0 radical (unpaired) electrons. The normalized spacial score (nSPS) is 13.1. The van der Waals surface area contributed by atoms with Crippen LogP contribution in [0.4, 0.5) is 4.79 Å². The first-order valence-corrected chi connectivity index (χ1v) is 11.6. The quantitative estimate of drug-likeness (QED) is 0.354. The summed E-state index contributed by atoms with van der Waals surface area (Å²) >= 11 is 0. The first-order valence-electron chi connectivity index (χ1n) is 11.6. The highest BCUT2D eigenvalue weighted by atomic mass is 16.5. The van der Waals surface area contributed by atoms with Crippen molar-refractivity contribution < 1.29 is 23.9 Å². The highest BCUT2D eigenvalue weighted by Crippen LogP contribution is 2.30. The van der Waals surface area contributed by atoms with Gasteiger partial charge in [0.05, 0.1) is 13.2 Å². The lowest BCUT2D eigenvalue weighted by atomic mass is 10.1.